The van der Waals surface area contributed by atoms with E-state index in [-0.39, 0.29) is 12.4 Å². The summed E-state index contributed by atoms with van der Waals surface area (Å²) in [6.45, 7) is 2.11. The molecule has 2 atom stereocenters. The number of fused-ring (bicyclic) bond motifs is 6. The lowest BCUT2D eigenvalue weighted by atomic mass is 9.94. The summed E-state index contributed by atoms with van der Waals surface area (Å²) in [4.78, 5) is 7.41. The molecule has 4 N–H and O–H groups in total. The van der Waals surface area contributed by atoms with Crippen LogP contribution < -0.4 is 20.1 Å². The maximum Gasteiger partial charge on any atom is 0.119 e. The second-order valence-electron chi connectivity index (χ2n) is 10.7. The van der Waals surface area contributed by atoms with Gasteiger partial charge in [-0.2, -0.15) is 0 Å². The van der Waals surface area contributed by atoms with E-state index in [1.54, 1.807) is 14.2 Å². The molecule has 0 saturated carbocycles. The van der Waals surface area contributed by atoms with Crippen LogP contribution in [0.4, 0.5) is 0 Å². The van der Waals surface area contributed by atoms with E-state index in [0.717, 1.165) is 37.4 Å². The number of hydrogen-bond donors (Lipinski definition) is 4. The minimum atomic E-state index is 0. The third kappa shape index (κ3) is 5.27. The van der Waals surface area contributed by atoms with Gasteiger partial charge in [-0.05, 0) is 86.3 Å². The highest BCUT2D eigenvalue weighted by atomic mass is 35.5. The first-order valence-corrected chi connectivity index (χ1v) is 14.1. The maximum absolute atomic E-state index is 5.46. The van der Waals surface area contributed by atoms with Crippen LogP contribution in [-0.4, -0.2) is 37.3 Å². The third-order valence-electron chi connectivity index (χ3n) is 8.51. The van der Waals surface area contributed by atoms with E-state index in [1.165, 1.54) is 89.3 Å². The molecular formula is C31H41ClN4O2. The van der Waals surface area contributed by atoms with Crippen LogP contribution in [0.25, 0.3) is 21.8 Å². The van der Waals surface area contributed by atoms with Gasteiger partial charge >= 0.3 is 0 Å². The van der Waals surface area contributed by atoms with Gasteiger partial charge in [-0.1, -0.05) is 32.1 Å². The van der Waals surface area contributed by atoms with Gasteiger partial charge in [-0.25, -0.2) is 0 Å². The number of aromatic nitrogens is 2. The number of halogens is 1. The quantitative estimate of drug-likeness (QED) is 0.166. The summed E-state index contributed by atoms with van der Waals surface area (Å²) in [5, 5.41) is 10.2. The summed E-state index contributed by atoms with van der Waals surface area (Å²) in [6, 6.07) is 13.6. The average Bonchev–Trinajstić information content (AvgIpc) is 3.50. The molecule has 0 amide bonds. The molecule has 0 spiro atoms. The van der Waals surface area contributed by atoms with E-state index in [1.807, 2.05) is 12.1 Å². The van der Waals surface area contributed by atoms with Gasteiger partial charge in [-0.3, -0.25) is 0 Å². The zero-order chi connectivity index (χ0) is 25.2. The number of H-pyrrole nitrogens is 2. The first-order chi connectivity index (χ1) is 18.2. The van der Waals surface area contributed by atoms with Crippen molar-refractivity contribution in [2.24, 2.45) is 0 Å². The summed E-state index contributed by atoms with van der Waals surface area (Å²) in [6.07, 6.45) is 11.0. The van der Waals surface area contributed by atoms with Gasteiger partial charge in [0.25, 0.3) is 0 Å². The van der Waals surface area contributed by atoms with Crippen molar-refractivity contribution in [3.8, 4) is 11.5 Å². The lowest BCUT2D eigenvalue weighted by Gasteiger charge is -2.25. The Morgan fingerprint density at radius 3 is 1.55 bits per heavy atom. The lowest BCUT2D eigenvalue weighted by molar-refractivity contribution is 0.415. The molecule has 0 radical (unpaired) electrons. The van der Waals surface area contributed by atoms with Crippen molar-refractivity contribution in [2.75, 3.05) is 27.3 Å². The second kappa shape index (κ2) is 12.0. The van der Waals surface area contributed by atoms with Crippen LogP contribution in [0.1, 0.15) is 79.5 Å². The number of nitrogens with one attached hydrogen (secondary N) is 4. The Balaban J connectivity index is 0.00000294. The first kappa shape index (κ1) is 26.9. The van der Waals surface area contributed by atoms with Crippen LogP contribution >= 0.6 is 12.4 Å². The van der Waals surface area contributed by atoms with Crippen LogP contribution in [0, 0.1) is 0 Å². The Kier molecular flexibility index (Phi) is 8.51. The van der Waals surface area contributed by atoms with Gasteiger partial charge in [0, 0.05) is 45.3 Å². The SMILES string of the molecule is COc1ccc2[nH]c3c(c2c1)CCNC3CCCCCCCC1NCCc2c1[nH]c1ccc(OC)cc21.Cl. The van der Waals surface area contributed by atoms with Crippen LogP contribution in [-0.2, 0) is 12.8 Å². The fourth-order valence-corrected chi connectivity index (χ4v) is 6.55. The van der Waals surface area contributed by atoms with Crippen LogP contribution in [0.15, 0.2) is 36.4 Å². The van der Waals surface area contributed by atoms with Gasteiger partial charge in [0.15, 0.2) is 0 Å². The number of hydrogen-bond acceptors (Lipinski definition) is 4. The smallest absolute Gasteiger partial charge is 0.119 e. The summed E-state index contributed by atoms with van der Waals surface area (Å²) >= 11 is 0. The molecule has 2 aromatic heterocycles. The fraction of sp³-hybridized carbons (Fsp3) is 0.484. The minimum absolute atomic E-state index is 0. The van der Waals surface area contributed by atoms with Crippen LogP contribution in [0.5, 0.6) is 11.5 Å². The summed E-state index contributed by atoms with van der Waals surface area (Å²) in [7, 11) is 3.49. The lowest BCUT2D eigenvalue weighted by Crippen LogP contribution is -2.29. The van der Waals surface area contributed by atoms with E-state index in [0.29, 0.717) is 12.1 Å². The molecule has 4 heterocycles. The van der Waals surface area contributed by atoms with Gasteiger partial charge in [0.2, 0.25) is 0 Å². The zero-order valence-corrected chi connectivity index (χ0v) is 23.4. The highest BCUT2D eigenvalue weighted by Gasteiger charge is 2.25. The molecule has 2 aliphatic heterocycles. The van der Waals surface area contributed by atoms with Crippen molar-refractivity contribution in [3.05, 3.63) is 58.9 Å². The van der Waals surface area contributed by atoms with Crippen LogP contribution in [0.3, 0.4) is 0 Å². The molecule has 0 bridgehead atoms. The maximum atomic E-state index is 5.46. The van der Waals surface area contributed by atoms with E-state index >= 15 is 0 Å². The molecular weight excluding hydrogens is 496 g/mol. The number of methoxy groups -OCH3 is 2. The van der Waals surface area contributed by atoms with Gasteiger partial charge in [0.05, 0.1) is 14.2 Å². The molecule has 204 valence electrons. The standard InChI is InChI=1S/C31H40N4O2.ClH/c1-36-20-10-12-26-24(18-20)22-14-16-32-28(30(22)34-26)8-6-4-3-5-7-9-29-31-23(15-17-33-29)25-19-21(37-2)11-13-27(25)35-31;/h10-13,18-19,28-29,32-35H,3-9,14-17H2,1-2H3;1H. The third-order valence-corrected chi connectivity index (χ3v) is 8.51. The highest BCUT2D eigenvalue weighted by molar-refractivity contribution is 5.87. The molecule has 0 aliphatic carbocycles. The fourth-order valence-electron chi connectivity index (χ4n) is 6.55. The van der Waals surface area contributed by atoms with Crippen molar-refractivity contribution < 1.29 is 9.47 Å². The highest BCUT2D eigenvalue weighted by Crippen LogP contribution is 2.36. The van der Waals surface area contributed by atoms with E-state index in [4.69, 9.17) is 9.47 Å². The largest absolute Gasteiger partial charge is 0.497 e. The van der Waals surface area contributed by atoms with Crippen LogP contribution in [0.2, 0.25) is 0 Å². The minimum Gasteiger partial charge on any atom is -0.497 e. The molecule has 7 heteroatoms. The van der Waals surface area contributed by atoms with E-state index < -0.39 is 0 Å². The summed E-state index contributed by atoms with van der Waals surface area (Å²) < 4.78 is 10.9. The van der Waals surface area contributed by atoms with Gasteiger partial charge in [-0.15, -0.1) is 12.4 Å². The zero-order valence-electron chi connectivity index (χ0n) is 22.6. The van der Waals surface area contributed by atoms with Crippen molar-refractivity contribution in [3.63, 3.8) is 0 Å². The Bertz CT molecular complexity index is 1270. The number of rotatable bonds is 10. The number of ether oxygens (including phenoxy) is 2. The Morgan fingerprint density at radius 1 is 0.658 bits per heavy atom. The monoisotopic (exact) mass is 536 g/mol. The Labute approximate surface area is 231 Å². The molecule has 2 aliphatic rings. The molecule has 4 aromatic rings. The Hall–Kier alpha value is -2.67. The van der Waals surface area contributed by atoms with Gasteiger partial charge < -0.3 is 30.1 Å². The first-order valence-electron chi connectivity index (χ1n) is 14.1. The molecule has 2 unspecified atom stereocenters. The molecule has 6 rings (SSSR count). The average molecular weight is 537 g/mol. The topological polar surface area (TPSA) is 74.1 Å². The predicted octanol–water partition coefficient (Wildman–Crippen LogP) is 6.89. The predicted molar refractivity (Wildman–Crippen MR) is 158 cm³/mol. The number of unbranched alkanes of at least 4 members (excludes halogenated alkanes) is 4. The number of benzene rings is 2. The summed E-state index contributed by atoms with van der Waals surface area (Å²) in [5.41, 5.74) is 8.20. The van der Waals surface area contributed by atoms with Gasteiger partial charge in [0.1, 0.15) is 11.5 Å². The molecule has 2 aromatic carbocycles. The van der Waals surface area contributed by atoms with Crippen molar-refractivity contribution >= 4 is 34.2 Å². The number of aromatic amines is 2. The Morgan fingerprint density at radius 2 is 1.11 bits per heavy atom. The van der Waals surface area contributed by atoms with Crippen molar-refractivity contribution in [2.45, 2.75) is 69.9 Å². The molecule has 0 saturated heterocycles. The molecule has 38 heavy (non-hydrogen) atoms. The second-order valence-corrected chi connectivity index (χ2v) is 10.7. The molecule has 0 fully saturated rings. The van der Waals surface area contributed by atoms with E-state index in [2.05, 4.69) is 44.9 Å². The molecule has 6 nitrogen and oxygen atoms in total. The van der Waals surface area contributed by atoms with Crippen molar-refractivity contribution in [1.29, 1.82) is 0 Å². The normalized spacial score (nSPS) is 18.7. The summed E-state index contributed by atoms with van der Waals surface area (Å²) in [5.74, 6) is 1.88. The van der Waals surface area contributed by atoms with E-state index in [9.17, 15) is 0 Å². The van der Waals surface area contributed by atoms with Crippen molar-refractivity contribution in [1.82, 2.24) is 20.6 Å².